The second-order valence-corrected chi connectivity index (χ2v) is 7.89. The minimum absolute atomic E-state index is 0.325. The van der Waals surface area contributed by atoms with Crippen LogP contribution in [0, 0.1) is 0 Å². The maximum absolute atomic E-state index is 13.3. The first kappa shape index (κ1) is 13.0. The van der Waals surface area contributed by atoms with Crippen molar-refractivity contribution in [3.63, 3.8) is 0 Å². The van der Waals surface area contributed by atoms with Crippen molar-refractivity contribution in [3.05, 3.63) is 60.7 Å². The van der Waals surface area contributed by atoms with Crippen LogP contribution in [-0.4, -0.2) is 8.81 Å². The molecule has 0 unspecified atom stereocenters. The number of rotatable bonds is 3. The second kappa shape index (κ2) is 5.47. The van der Waals surface area contributed by atoms with Gasteiger partial charge in [0.2, 0.25) is 0 Å². The lowest BCUT2D eigenvalue weighted by Gasteiger charge is -2.17. The summed E-state index contributed by atoms with van der Waals surface area (Å²) in [6.07, 6.45) is 0. The molecular weight excluding hydrogens is 263 g/mol. The van der Waals surface area contributed by atoms with E-state index in [2.05, 4.69) is 0 Å². The monoisotopic (exact) mass is 276 g/mol. The lowest BCUT2D eigenvalue weighted by atomic mass is 10.4. The van der Waals surface area contributed by atoms with Gasteiger partial charge in [-0.3, -0.25) is 0 Å². The zero-order valence-corrected chi connectivity index (χ0v) is 11.7. The van der Waals surface area contributed by atoms with E-state index < -0.39 is 7.14 Å². The minimum atomic E-state index is -2.95. The van der Waals surface area contributed by atoms with Crippen molar-refractivity contribution >= 4 is 33.6 Å². The first-order valence-corrected chi connectivity index (χ1v) is 7.99. The summed E-state index contributed by atoms with van der Waals surface area (Å²) < 4.78 is 24.8. The quantitative estimate of drug-likeness (QED) is 0.637. The van der Waals surface area contributed by atoms with Crippen molar-refractivity contribution in [2.24, 2.45) is 0 Å². The lowest BCUT2D eigenvalue weighted by Crippen LogP contribution is -2.20. The molecule has 0 aliphatic carbocycles. The van der Waals surface area contributed by atoms with Crippen LogP contribution in [-0.2, 0) is 15.8 Å². The Labute approximate surface area is 110 Å². The molecule has 0 aliphatic rings. The topological polar surface area (TPSA) is 34.1 Å². The fourth-order valence-corrected chi connectivity index (χ4v) is 5.10. The third-order valence-electron chi connectivity index (χ3n) is 2.80. The Morgan fingerprint density at radius 1 is 0.889 bits per heavy atom. The predicted molar refractivity (Wildman–Crippen MR) is 78.6 cm³/mol. The van der Waals surface area contributed by atoms with E-state index in [0.717, 1.165) is 0 Å². The van der Waals surface area contributed by atoms with E-state index >= 15 is 0 Å². The van der Waals surface area contributed by atoms with E-state index in [0.29, 0.717) is 26.5 Å². The van der Waals surface area contributed by atoms with Gasteiger partial charge in [0.05, 0.1) is 15.9 Å². The molecule has 2 nitrogen and oxygen atoms in total. The molecule has 0 heterocycles. The summed E-state index contributed by atoms with van der Waals surface area (Å²) in [7, 11) is -2.95. The maximum atomic E-state index is 13.3. The van der Waals surface area contributed by atoms with Gasteiger partial charge in [-0.15, -0.1) is 0 Å². The third-order valence-corrected chi connectivity index (χ3v) is 6.98. The van der Waals surface area contributed by atoms with Crippen molar-refractivity contribution in [1.82, 2.24) is 0 Å². The average molecular weight is 276 g/mol. The van der Waals surface area contributed by atoms with Gasteiger partial charge in [-0.1, -0.05) is 60.7 Å². The molecule has 2 aromatic carbocycles. The molecule has 2 rings (SSSR count). The van der Waals surface area contributed by atoms with Crippen molar-refractivity contribution in [3.8, 4) is 0 Å². The molecule has 2 aromatic rings. The van der Waals surface area contributed by atoms with Crippen LogP contribution in [0.3, 0.4) is 0 Å². The van der Waals surface area contributed by atoms with Gasteiger partial charge in [0.1, 0.15) is 0 Å². The van der Waals surface area contributed by atoms with E-state index in [1.807, 2.05) is 60.7 Å². The molecule has 0 radical (unpaired) electrons. The average Bonchev–Trinajstić information content (AvgIpc) is 2.47. The molecule has 0 aromatic heterocycles. The van der Waals surface area contributed by atoms with Gasteiger partial charge < -0.3 is 4.57 Å². The highest BCUT2D eigenvalue weighted by molar-refractivity contribution is 8.03. The van der Waals surface area contributed by atoms with Gasteiger partial charge in [0.15, 0.2) is 7.14 Å². The Hall–Kier alpha value is -1.44. The van der Waals surface area contributed by atoms with Crippen LogP contribution in [0.4, 0.5) is 0 Å². The van der Waals surface area contributed by atoms with Gasteiger partial charge >= 0.3 is 0 Å². The molecule has 92 valence electrons. The standard InChI is InChI=1S/C14H13O2PS/c1-12(18-16)17(15,13-8-4-2-5-9-13)14-10-6-3-7-11-14/h2-11H,1H3. The van der Waals surface area contributed by atoms with Crippen molar-refractivity contribution in [2.75, 3.05) is 0 Å². The summed E-state index contributed by atoms with van der Waals surface area (Å²) in [4.78, 5) is 0. The molecule has 0 bridgehead atoms. The van der Waals surface area contributed by atoms with Crippen LogP contribution in [0.25, 0.3) is 0 Å². The molecule has 0 amide bonds. The molecular formula is C14H13O2PS. The largest absolute Gasteiger partial charge is 0.308 e. The number of benzene rings is 2. The second-order valence-electron chi connectivity index (χ2n) is 3.88. The fourth-order valence-electron chi connectivity index (χ4n) is 1.84. The molecule has 18 heavy (non-hydrogen) atoms. The van der Waals surface area contributed by atoms with E-state index in [1.165, 1.54) is 0 Å². The summed E-state index contributed by atoms with van der Waals surface area (Å²) in [5, 5.41) is 1.41. The van der Waals surface area contributed by atoms with Crippen molar-refractivity contribution in [1.29, 1.82) is 0 Å². The zero-order chi connectivity index (χ0) is 13.0. The predicted octanol–water partition coefficient (Wildman–Crippen LogP) is 2.36. The minimum Gasteiger partial charge on any atom is -0.308 e. The molecule has 4 heteroatoms. The van der Waals surface area contributed by atoms with Crippen LogP contribution in [0.15, 0.2) is 60.7 Å². The zero-order valence-electron chi connectivity index (χ0n) is 9.95. The van der Waals surface area contributed by atoms with Gasteiger partial charge in [0.25, 0.3) is 0 Å². The Bertz CT molecular complexity index is 588. The van der Waals surface area contributed by atoms with Crippen LogP contribution in [0.1, 0.15) is 6.92 Å². The first-order chi connectivity index (χ1) is 8.69. The van der Waals surface area contributed by atoms with E-state index in [4.69, 9.17) is 0 Å². The van der Waals surface area contributed by atoms with Crippen LogP contribution >= 0.6 is 7.14 Å². The highest BCUT2D eigenvalue weighted by atomic mass is 32.1. The molecule has 0 atom stereocenters. The van der Waals surface area contributed by atoms with E-state index in [9.17, 15) is 8.77 Å². The van der Waals surface area contributed by atoms with Gasteiger partial charge in [-0.25, -0.2) is 4.21 Å². The summed E-state index contributed by atoms with van der Waals surface area (Å²) in [6, 6.07) is 18.4. The summed E-state index contributed by atoms with van der Waals surface area (Å²) in [5.74, 6) is 0. The summed E-state index contributed by atoms with van der Waals surface area (Å²) in [6.45, 7) is 1.65. The highest BCUT2D eigenvalue weighted by Crippen LogP contribution is 2.44. The smallest absolute Gasteiger partial charge is 0.179 e. The Morgan fingerprint density at radius 3 is 1.61 bits per heavy atom. The number of hydrogen-bond donors (Lipinski definition) is 0. The summed E-state index contributed by atoms with van der Waals surface area (Å²) in [5.41, 5.74) is 0. The van der Waals surface area contributed by atoms with Crippen molar-refractivity contribution < 1.29 is 8.77 Å². The lowest BCUT2D eigenvalue weighted by molar-refractivity contribution is 0.594. The molecule has 0 saturated heterocycles. The Morgan fingerprint density at radius 2 is 1.28 bits per heavy atom. The molecule has 0 saturated carbocycles. The SMILES string of the molecule is CC(=S=O)P(=O)(c1ccccc1)c1ccccc1. The molecule has 0 N–H and O–H groups in total. The van der Waals surface area contributed by atoms with Crippen LogP contribution in [0.5, 0.6) is 0 Å². The fraction of sp³-hybridized carbons (Fsp3) is 0.0714. The maximum Gasteiger partial charge on any atom is 0.179 e. The van der Waals surface area contributed by atoms with E-state index in [1.54, 1.807) is 6.92 Å². The van der Waals surface area contributed by atoms with Crippen LogP contribution in [0.2, 0.25) is 0 Å². The Balaban J connectivity index is 2.71. The number of hydrogen-bond acceptors (Lipinski definition) is 2. The third kappa shape index (κ3) is 2.24. The van der Waals surface area contributed by atoms with Crippen molar-refractivity contribution in [2.45, 2.75) is 6.92 Å². The van der Waals surface area contributed by atoms with Crippen LogP contribution < -0.4 is 10.6 Å². The molecule has 0 spiro atoms. The highest BCUT2D eigenvalue weighted by Gasteiger charge is 2.30. The van der Waals surface area contributed by atoms with Gasteiger partial charge in [-0.2, -0.15) is 0 Å². The summed E-state index contributed by atoms with van der Waals surface area (Å²) >= 11 is 0.325. The molecule has 0 fully saturated rings. The van der Waals surface area contributed by atoms with E-state index in [-0.39, 0.29) is 0 Å². The Kier molecular flexibility index (Phi) is 3.95. The van der Waals surface area contributed by atoms with Gasteiger partial charge in [0, 0.05) is 10.6 Å². The van der Waals surface area contributed by atoms with Gasteiger partial charge in [-0.05, 0) is 6.92 Å². The normalized spacial score (nSPS) is 10.9. The molecule has 0 aliphatic heterocycles. The first-order valence-electron chi connectivity index (χ1n) is 5.55.